The van der Waals surface area contributed by atoms with Crippen molar-refractivity contribution in [2.75, 3.05) is 32.5 Å². The van der Waals surface area contributed by atoms with Crippen molar-refractivity contribution in [1.82, 2.24) is 10.2 Å². The van der Waals surface area contributed by atoms with Gasteiger partial charge in [-0.05, 0) is 106 Å². The summed E-state index contributed by atoms with van der Waals surface area (Å²) in [7, 11) is 3.76. The number of esters is 1. The molecule has 0 saturated carbocycles. The van der Waals surface area contributed by atoms with E-state index in [0.29, 0.717) is 13.0 Å². The van der Waals surface area contributed by atoms with Crippen LogP contribution in [0.15, 0.2) is 18.2 Å². The molecule has 1 aromatic carbocycles. The molecule has 2 fully saturated rings. The van der Waals surface area contributed by atoms with Crippen LogP contribution >= 0.6 is 0 Å². The van der Waals surface area contributed by atoms with Crippen molar-refractivity contribution in [3.8, 4) is 0 Å². The van der Waals surface area contributed by atoms with E-state index in [2.05, 4.69) is 10.6 Å². The molecule has 50 heavy (non-hydrogen) atoms. The Kier molecular flexibility index (Phi) is 14.3. The molecule has 2 heterocycles. The van der Waals surface area contributed by atoms with E-state index in [-0.39, 0.29) is 37.5 Å². The van der Waals surface area contributed by atoms with Gasteiger partial charge in [-0.15, -0.1) is 0 Å². The minimum atomic E-state index is -1.91. The molecule has 3 rings (SSSR count). The number of anilines is 1. The van der Waals surface area contributed by atoms with E-state index >= 15 is 0 Å². The minimum Gasteiger partial charge on any atom is -0.459 e. The normalized spacial score (nSPS) is 42.8. The number of likely N-dealkylation sites (N-methyl/N-ethyl adjacent to an activating group) is 1. The molecule has 0 radical (unpaired) electrons. The number of benzene rings is 1. The number of ether oxygens (including phenoxy) is 3. The average Bonchev–Trinajstić information content (AvgIpc) is 3.03. The minimum absolute atomic E-state index is 0.126. The summed E-state index contributed by atoms with van der Waals surface area (Å²) in [4.78, 5) is 16.0. The molecule has 12 nitrogen and oxygen atoms in total. The lowest BCUT2D eigenvalue weighted by Gasteiger charge is -2.49. The first-order valence-corrected chi connectivity index (χ1v) is 18.3. The highest BCUT2D eigenvalue weighted by Gasteiger charge is 2.55. The molecule has 7 N–H and O–H groups in total. The van der Waals surface area contributed by atoms with Crippen molar-refractivity contribution in [2.45, 2.75) is 154 Å². The predicted molar refractivity (Wildman–Crippen MR) is 194 cm³/mol. The Hall–Kier alpha value is -1.87. The number of hydrogen-bond acceptors (Lipinski definition) is 12. The summed E-state index contributed by atoms with van der Waals surface area (Å²) >= 11 is 0. The van der Waals surface area contributed by atoms with Gasteiger partial charge in [0.15, 0.2) is 6.29 Å². The number of rotatable bonds is 7. The maximum absolute atomic E-state index is 14.1. The molecule has 12 heteroatoms. The van der Waals surface area contributed by atoms with Crippen LogP contribution < -0.4 is 10.6 Å². The molecular weight excluding hydrogens is 642 g/mol. The summed E-state index contributed by atoms with van der Waals surface area (Å²) < 4.78 is 18.8. The second-order valence-corrected chi connectivity index (χ2v) is 16.2. The topological polar surface area (TPSA) is 173 Å². The van der Waals surface area contributed by atoms with E-state index in [4.69, 9.17) is 14.2 Å². The number of aliphatic hydroxyl groups excluding tert-OH is 2. The number of cyclic esters (lactones) is 1. The molecule has 2 aliphatic rings. The Morgan fingerprint density at radius 3 is 2.28 bits per heavy atom. The monoisotopic (exact) mass is 709 g/mol. The number of nitrogens with zero attached hydrogens (tertiary/aromatic N) is 1. The molecule has 0 amide bonds. The number of carbonyl (C=O) groups is 1. The molecule has 1 aromatic rings. The van der Waals surface area contributed by atoms with E-state index in [1.54, 1.807) is 34.6 Å². The summed E-state index contributed by atoms with van der Waals surface area (Å²) in [6.07, 6.45) is -4.99. The number of aliphatic hydroxyl groups is 5. The van der Waals surface area contributed by atoms with Crippen molar-refractivity contribution in [3.63, 3.8) is 0 Å². The first-order chi connectivity index (χ1) is 23.1. The number of carbonyl (C=O) groups excluding carboxylic acids is 1. The third-order valence-electron chi connectivity index (χ3n) is 11.4. The van der Waals surface area contributed by atoms with Gasteiger partial charge in [0.25, 0.3) is 0 Å². The van der Waals surface area contributed by atoms with Gasteiger partial charge in [0.05, 0.1) is 29.3 Å². The zero-order valence-corrected chi connectivity index (χ0v) is 32.4. The zero-order chi connectivity index (χ0) is 37.9. The fourth-order valence-corrected chi connectivity index (χ4v) is 7.97. The molecule has 288 valence electrons. The SMILES string of the molecule is CC[C@H]1OC(=O)C(C)[C@@](O)(CNc2ccc(C)cc2C)[C@H](C)[C@@H](O[C@@H]2O[C@H](C)C[C@H](N(C)C)[C@H]2O)[C@@](C)(O)C[C@@H](C)CN[C@H](C)[C@@H](O)[C@]1(C)O. The smallest absolute Gasteiger partial charge is 0.312 e. The maximum Gasteiger partial charge on any atom is 0.312 e. The fourth-order valence-electron chi connectivity index (χ4n) is 7.97. The summed E-state index contributed by atoms with van der Waals surface area (Å²) in [5.41, 5.74) is -2.54. The summed E-state index contributed by atoms with van der Waals surface area (Å²) in [5, 5.41) is 66.2. The second-order valence-electron chi connectivity index (χ2n) is 16.2. The molecule has 2 saturated heterocycles. The van der Waals surface area contributed by atoms with E-state index < -0.39 is 71.4 Å². The third-order valence-corrected chi connectivity index (χ3v) is 11.4. The maximum atomic E-state index is 14.1. The van der Waals surface area contributed by atoms with Crippen LogP contribution in [0.1, 0.15) is 85.8 Å². The average molecular weight is 710 g/mol. The molecule has 0 bridgehead atoms. The molecule has 0 aromatic heterocycles. The van der Waals surface area contributed by atoms with E-state index in [0.717, 1.165) is 16.8 Å². The Labute approximate surface area is 299 Å². The lowest BCUT2D eigenvalue weighted by atomic mass is 9.70. The van der Waals surface area contributed by atoms with Gasteiger partial charge < -0.3 is 55.3 Å². The highest BCUT2D eigenvalue weighted by molar-refractivity contribution is 5.74. The lowest BCUT2D eigenvalue weighted by Crippen LogP contribution is -2.63. The zero-order valence-electron chi connectivity index (χ0n) is 32.4. The third kappa shape index (κ3) is 9.56. The van der Waals surface area contributed by atoms with E-state index in [9.17, 15) is 30.3 Å². The van der Waals surface area contributed by atoms with Gasteiger partial charge in [0, 0.05) is 30.2 Å². The van der Waals surface area contributed by atoms with Crippen LogP contribution in [0, 0.1) is 31.6 Å². The Bertz CT molecular complexity index is 1260. The van der Waals surface area contributed by atoms with E-state index in [1.165, 1.54) is 6.92 Å². The number of nitrogens with one attached hydrogen (secondary N) is 2. The van der Waals surface area contributed by atoms with Gasteiger partial charge >= 0.3 is 5.97 Å². The van der Waals surface area contributed by atoms with Crippen molar-refractivity contribution >= 4 is 11.7 Å². The second kappa shape index (κ2) is 16.9. The molecule has 2 aliphatic heterocycles. The van der Waals surface area contributed by atoms with Gasteiger partial charge in [0.2, 0.25) is 0 Å². The van der Waals surface area contributed by atoms with Gasteiger partial charge in [-0.1, -0.05) is 38.5 Å². The van der Waals surface area contributed by atoms with Crippen LogP contribution in [0.3, 0.4) is 0 Å². The van der Waals surface area contributed by atoms with Gasteiger partial charge in [0.1, 0.15) is 23.9 Å². The first-order valence-electron chi connectivity index (χ1n) is 18.3. The number of aryl methyl sites for hydroxylation is 2. The van der Waals surface area contributed by atoms with Crippen LogP contribution in [-0.4, -0.2) is 129 Å². The Morgan fingerprint density at radius 1 is 1.06 bits per heavy atom. The number of hydrogen-bond donors (Lipinski definition) is 7. The van der Waals surface area contributed by atoms with Crippen molar-refractivity contribution in [3.05, 3.63) is 29.3 Å². The molecular formula is C38H67N3O9. The quantitative estimate of drug-likeness (QED) is 0.207. The first kappa shape index (κ1) is 42.5. The lowest BCUT2D eigenvalue weighted by molar-refractivity contribution is -0.303. The highest BCUT2D eigenvalue weighted by atomic mass is 16.7. The Balaban J connectivity index is 2.18. The Morgan fingerprint density at radius 2 is 1.70 bits per heavy atom. The molecule has 0 aliphatic carbocycles. The van der Waals surface area contributed by atoms with Gasteiger partial charge in [-0.3, -0.25) is 4.79 Å². The van der Waals surface area contributed by atoms with Crippen LogP contribution in [-0.2, 0) is 19.0 Å². The summed E-state index contributed by atoms with van der Waals surface area (Å²) in [5.74, 6) is -3.10. The van der Waals surface area contributed by atoms with Gasteiger partial charge in [-0.2, -0.15) is 0 Å². The largest absolute Gasteiger partial charge is 0.459 e. The molecule has 0 spiro atoms. The summed E-state index contributed by atoms with van der Waals surface area (Å²) in [6, 6.07) is 5.01. The van der Waals surface area contributed by atoms with Crippen molar-refractivity contribution < 1.29 is 44.5 Å². The molecule has 14 atom stereocenters. The van der Waals surface area contributed by atoms with Crippen LogP contribution in [0.5, 0.6) is 0 Å². The highest BCUT2D eigenvalue weighted by Crippen LogP contribution is 2.40. The molecule has 1 unspecified atom stereocenters. The van der Waals surface area contributed by atoms with Crippen molar-refractivity contribution in [1.29, 1.82) is 0 Å². The standard InChI is InChI=1S/C38H67N3O9/c1-13-30-37(10,46)32(43)27(8)39-19-22(3)18-36(9,45)33(50-35-31(42)29(41(11)12)17-24(5)48-35)25(6)38(47,26(7)34(44)49-30)20-40-28-15-14-21(2)16-23(28)4/h14-16,22,24-27,29-33,35,39-40,42-43,45-47H,13,17-20H2,1-12H3/t22-,24-,25-,26?,27-,29+,30-,31-,32-,33-,35+,36+,37-,38-/m1/s1. The van der Waals surface area contributed by atoms with Crippen LogP contribution in [0.25, 0.3) is 0 Å². The summed E-state index contributed by atoms with van der Waals surface area (Å²) in [6.45, 7) is 17.9. The van der Waals surface area contributed by atoms with Crippen molar-refractivity contribution in [2.24, 2.45) is 17.8 Å². The van der Waals surface area contributed by atoms with Gasteiger partial charge in [-0.25, -0.2) is 0 Å². The van der Waals surface area contributed by atoms with E-state index in [1.807, 2.05) is 64.9 Å². The fraction of sp³-hybridized carbons (Fsp3) is 0.816. The predicted octanol–water partition coefficient (Wildman–Crippen LogP) is 2.73. The van der Waals surface area contributed by atoms with Crippen LogP contribution in [0.4, 0.5) is 5.69 Å². The van der Waals surface area contributed by atoms with Crippen LogP contribution in [0.2, 0.25) is 0 Å².